The highest BCUT2D eigenvalue weighted by Gasteiger charge is 2.12. The molecule has 28 heavy (non-hydrogen) atoms. The summed E-state index contributed by atoms with van der Waals surface area (Å²) >= 11 is 2.15. The predicted octanol–water partition coefficient (Wildman–Crippen LogP) is 3.87. The van der Waals surface area contributed by atoms with Crippen LogP contribution in [0.5, 0.6) is 23.0 Å². The van der Waals surface area contributed by atoms with Crippen molar-refractivity contribution < 1.29 is 23.7 Å². The van der Waals surface area contributed by atoms with Crippen molar-refractivity contribution >= 4 is 34.7 Å². The van der Waals surface area contributed by atoms with Crippen molar-refractivity contribution in [2.24, 2.45) is 5.10 Å². The number of hydrazone groups is 1. The first kappa shape index (κ1) is 21.8. The number of methoxy groups -OCH3 is 2. The number of halogens is 1. The molecule has 0 unspecified atom stereocenters. The summed E-state index contributed by atoms with van der Waals surface area (Å²) in [6.07, 6.45) is 1.54. The van der Waals surface area contributed by atoms with Crippen LogP contribution in [0.3, 0.4) is 0 Å². The number of nitrogens with one attached hydrogen (secondary N) is 1. The highest BCUT2D eigenvalue weighted by atomic mass is 127. The number of hydrogen-bond donors (Lipinski definition) is 1. The number of nitrogens with zero attached hydrogens (tertiary/aromatic N) is 1. The van der Waals surface area contributed by atoms with E-state index in [9.17, 15) is 4.79 Å². The molecule has 0 bridgehead atoms. The van der Waals surface area contributed by atoms with Crippen molar-refractivity contribution in [1.82, 2.24) is 5.43 Å². The smallest absolute Gasteiger partial charge is 0.271 e. The van der Waals surface area contributed by atoms with Gasteiger partial charge in [0.25, 0.3) is 5.91 Å². The number of benzene rings is 2. The molecule has 0 saturated heterocycles. The molecule has 1 N–H and O–H groups in total. The Morgan fingerprint density at radius 1 is 1.04 bits per heavy atom. The van der Waals surface area contributed by atoms with Gasteiger partial charge in [0, 0.05) is 5.56 Å². The Kier molecular flexibility index (Phi) is 8.37. The van der Waals surface area contributed by atoms with Gasteiger partial charge in [-0.3, -0.25) is 4.79 Å². The van der Waals surface area contributed by atoms with E-state index in [1.54, 1.807) is 44.7 Å². The molecule has 0 aliphatic carbocycles. The lowest BCUT2D eigenvalue weighted by Gasteiger charge is -2.12. The second kappa shape index (κ2) is 10.7. The fraction of sp³-hybridized carbons (Fsp3) is 0.300. The summed E-state index contributed by atoms with van der Waals surface area (Å²) in [6, 6.07) is 8.67. The van der Waals surface area contributed by atoms with Gasteiger partial charge < -0.3 is 18.9 Å². The third kappa shape index (κ3) is 5.51. The SMILES string of the molecule is CCOc1ccc(C(=O)N/N=C/c2cc(I)c(OC)c(OC)c2)cc1OCC. The van der Waals surface area contributed by atoms with Crippen molar-refractivity contribution in [3.63, 3.8) is 0 Å². The van der Waals surface area contributed by atoms with E-state index in [2.05, 4.69) is 33.1 Å². The van der Waals surface area contributed by atoms with Gasteiger partial charge in [-0.25, -0.2) is 5.43 Å². The number of rotatable bonds is 9. The summed E-state index contributed by atoms with van der Waals surface area (Å²) in [5.41, 5.74) is 3.70. The minimum Gasteiger partial charge on any atom is -0.493 e. The maximum absolute atomic E-state index is 12.4. The summed E-state index contributed by atoms with van der Waals surface area (Å²) in [5.74, 6) is 2.02. The minimum atomic E-state index is -0.351. The molecule has 7 nitrogen and oxygen atoms in total. The molecule has 0 aromatic heterocycles. The Labute approximate surface area is 178 Å². The Bertz CT molecular complexity index is 855. The zero-order valence-corrected chi connectivity index (χ0v) is 18.4. The molecule has 150 valence electrons. The number of carbonyl (C=O) groups is 1. The van der Waals surface area contributed by atoms with Gasteiger partial charge in [-0.15, -0.1) is 0 Å². The lowest BCUT2D eigenvalue weighted by Crippen LogP contribution is -2.17. The van der Waals surface area contributed by atoms with Crippen LogP contribution >= 0.6 is 22.6 Å². The molecule has 2 aromatic carbocycles. The van der Waals surface area contributed by atoms with E-state index in [-0.39, 0.29) is 5.91 Å². The van der Waals surface area contributed by atoms with Gasteiger partial charge in [0.15, 0.2) is 23.0 Å². The molecule has 2 rings (SSSR count). The van der Waals surface area contributed by atoms with E-state index < -0.39 is 0 Å². The number of amides is 1. The van der Waals surface area contributed by atoms with Crippen LogP contribution < -0.4 is 24.4 Å². The number of ether oxygens (including phenoxy) is 4. The third-order valence-corrected chi connectivity index (χ3v) is 4.44. The summed E-state index contributed by atoms with van der Waals surface area (Å²) in [7, 11) is 3.15. The van der Waals surface area contributed by atoms with Crippen LogP contribution in [0.2, 0.25) is 0 Å². The monoisotopic (exact) mass is 498 g/mol. The lowest BCUT2D eigenvalue weighted by atomic mass is 10.2. The predicted molar refractivity (Wildman–Crippen MR) is 116 cm³/mol. The second-order valence-electron chi connectivity index (χ2n) is 5.46. The maximum atomic E-state index is 12.4. The van der Waals surface area contributed by atoms with E-state index in [0.717, 1.165) is 9.13 Å². The van der Waals surface area contributed by atoms with E-state index in [1.165, 1.54) is 0 Å². The average Bonchev–Trinajstić information content (AvgIpc) is 2.69. The Hall–Kier alpha value is -2.49. The third-order valence-electron chi connectivity index (χ3n) is 3.64. The van der Waals surface area contributed by atoms with E-state index in [0.29, 0.717) is 41.8 Å². The second-order valence-corrected chi connectivity index (χ2v) is 6.63. The standard InChI is InChI=1S/C20H23IN2O5/c1-5-27-16-8-7-14(11-17(16)28-6-2)20(24)23-22-12-13-9-15(21)19(26-4)18(10-13)25-3/h7-12H,5-6H2,1-4H3,(H,23,24)/b22-12+. The molecular weight excluding hydrogens is 475 g/mol. The van der Waals surface area contributed by atoms with Gasteiger partial charge in [-0.2, -0.15) is 5.10 Å². The summed E-state index contributed by atoms with van der Waals surface area (Å²) in [5, 5.41) is 4.03. The molecule has 0 aliphatic rings. The van der Waals surface area contributed by atoms with Crippen molar-refractivity contribution in [1.29, 1.82) is 0 Å². The molecule has 2 aromatic rings. The van der Waals surface area contributed by atoms with Gasteiger partial charge >= 0.3 is 0 Å². The van der Waals surface area contributed by atoms with E-state index >= 15 is 0 Å². The van der Waals surface area contributed by atoms with Crippen LogP contribution in [0, 0.1) is 3.57 Å². The molecule has 0 spiro atoms. The van der Waals surface area contributed by atoms with Crippen LogP contribution in [0.15, 0.2) is 35.4 Å². The number of hydrogen-bond acceptors (Lipinski definition) is 6. The fourth-order valence-electron chi connectivity index (χ4n) is 2.43. The minimum absolute atomic E-state index is 0.351. The van der Waals surface area contributed by atoms with Crippen molar-refractivity contribution in [3.05, 3.63) is 45.0 Å². The van der Waals surface area contributed by atoms with Crippen molar-refractivity contribution in [3.8, 4) is 23.0 Å². The highest BCUT2D eigenvalue weighted by molar-refractivity contribution is 14.1. The van der Waals surface area contributed by atoms with Crippen molar-refractivity contribution in [2.75, 3.05) is 27.4 Å². The molecular formula is C20H23IN2O5. The van der Waals surface area contributed by atoms with Crippen LogP contribution in [-0.2, 0) is 0 Å². The largest absolute Gasteiger partial charge is 0.493 e. The van der Waals surface area contributed by atoms with Gasteiger partial charge in [0.1, 0.15) is 0 Å². The molecule has 0 radical (unpaired) electrons. The first-order valence-corrected chi connectivity index (χ1v) is 9.76. The molecule has 0 fully saturated rings. The normalized spacial score (nSPS) is 10.6. The Morgan fingerprint density at radius 3 is 2.39 bits per heavy atom. The Balaban J connectivity index is 2.13. The zero-order chi connectivity index (χ0) is 20.5. The van der Waals surface area contributed by atoms with Gasteiger partial charge in [0.05, 0.1) is 37.2 Å². The molecule has 0 atom stereocenters. The van der Waals surface area contributed by atoms with Gasteiger partial charge in [0.2, 0.25) is 0 Å². The quantitative estimate of drug-likeness (QED) is 0.323. The molecule has 0 aliphatic heterocycles. The average molecular weight is 498 g/mol. The van der Waals surface area contributed by atoms with Gasteiger partial charge in [-0.05, 0) is 72.3 Å². The lowest BCUT2D eigenvalue weighted by molar-refractivity contribution is 0.0954. The van der Waals surface area contributed by atoms with E-state index in [1.807, 2.05) is 19.9 Å². The fourth-order valence-corrected chi connectivity index (χ4v) is 3.28. The summed E-state index contributed by atoms with van der Waals surface area (Å²) < 4.78 is 22.6. The molecule has 0 saturated carbocycles. The zero-order valence-electron chi connectivity index (χ0n) is 16.2. The maximum Gasteiger partial charge on any atom is 0.271 e. The first-order valence-electron chi connectivity index (χ1n) is 8.68. The van der Waals surface area contributed by atoms with Crippen LogP contribution in [-0.4, -0.2) is 39.6 Å². The topological polar surface area (TPSA) is 78.4 Å². The summed E-state index contributed by atoms with van der Waals surface area (Å²) in [6.45, 7) is 4.75. The molecule has 0 heterocycles. The van der Waals surface area contributed by atoms with Gasteiger partial charge in [-0.1, -0.05) is 0 Å². The Morgan fingerprint density at radius 2 is 1.75 bits per heavy atom. The van der Waals surface area contributed by atoms with Crippen molar-refractivity contribution in [2.45, 2.75) is 13.8 Å². The highest BCUT2D eigenvalue weighted by Crippen LogP contribution is 2.33. The summed E-state index contributed by atoms with van der Waals surface area (Å²) in [4.78, 5) is 12.4. The van der Waals surface area contributed by atoms with Crippen LogP contribution in [0.4, 0.5) is 0 Å². The molecule has 8 heteroatoms. The van der Waals surface area contributed by atoms with Crippen LogP contribution in [0.1, 0.15) is 29.8 Å². The van der Waals surface area contributed by atoms with Crippen LogP contribution in [0.25, 0.3) is 0 Å². The van der Waals surface area contributed by atoms with E-state index in [4.69, 9.17) is 18.9 Å². The number of carbonyl (C=O) groups excluding carboxylic acids is 1. The molecule has 1 amide bonds. The first-order chi connectivity index (χ1) is 13.5.